The second-order valence-electron chi connectivity index (χ2n) is 9.61. The Bertz CT molecular complexity index is 1810. The van der Waals surface area contributed by atoms with Crippen molar-refractivity contribution in [2.75, 3.05) is 10.6 Å². The van der Waals surface area contributed by atoms with Crippen LogP contribution in [0.25, 0.3) is 0 Å². The van der Waals surface area contributed by atoms with E-state index in [2.05, 4.69) is 20.6 Å². The molecule has 0 saturated carbocycles. The average molecular weight is 558 g/mol. The van der Waals surface area contributed by atoms with Crippen molar-refractivity contribution in [1.29, 1.82) is 0 Å². The van der Waals surface area contributed by atoms with E-state index in [0.29, 0.717) is 33.8 Å². The molecule has 3 N–H and O–H groups in total. The fraction of sp³-hybridized carbons (Fsp3) is 0.0606. The minimum atomic E-state index is -0.443. The molecule has 2 aromatic carbocycles. The lowest BCUT2D eigenvalue weighted by molar-refractivity contribution is -0.670. The summed E-state index contributed by atoms with van der Waals surface area (Å²) in [5, 5.41) is 17.0. The monoisotopic (exact) mass is 557 g/mol. The van der Waals surface area contributed by atoms with Crippen LogP contribution in [0.3, 0.4) is 0 Å². The Morgan fingerprint density at radius 1 is 0.833 bits per heavy atom. The van der Waals surface area contributed by atoms with Crippen molar-refractivity contribution in [3.05, 3.63) is 150 Å². The number of benzene rings is 2. The topological polar surface area (TPSA) is 112 Å². The summed E-state index contributed by atoms with van der Waals surface area (Å²) in [7, 11) is 3.83. The number of rotatable bonds is 6. The molecule has 0 unspecified atom stereocenters. The molecule has 42 heavy (non-hydrogen) atoms. The number of carbonyl (C=O) groups excluding carboxylic acids is 2. The number of aliphatic imine (C=N–C) groups is 1. The van der Waals surface area contributed by atoms with E-state index >= 15 is 0 Å². The molecule has 4 aromatic rings. The molecule has 1 aliphatic rings. The number of amides is 2. The van der Waals surface area contributed by atoms with E-state index in [0.717, 1.165) is 11.0 Å². The van der Waals surface area contributed by atoms with E-state index in [9.17, 15) is 14.7 Å². The molecule has 0 saturated heterocycles. The number of anilines is 2. The smallest absolute Gasteiger partial charge is 0.277 e. The van der Waals surface area contributed by atoms with Gasteiger partial charge in [-0.05, 0) is 85.0 Å². The highest BCUT2D eigenvalue weighted by molar-refractivity contribution is 6.14. The van der Waals surface area contributed by atoms with Gasteiger partial charge in [-0.15, -0.1) is 0 Å². The lowest BCUT2D eigenvalue weighted by Crippen LogP contribution is -2.26. The maximum absolute atomic E-state index is 12.8. The Labute approximate surface area is 242 Å². The molecule has 9 heteroatoms. The Hall–Kier alpha value is -5.83. The van der Waals surface area contributed by atoms with Crippen LogP contribution in [-0.4, -0.2) is 27.2 Å². The summed E-state index contributed by atoms with van der Waals surface area (Å²) in [5.74, 6) is -0.763. The Balaban J connectivity index is 1.21. The maximum atomic E-state index is 12.8. The quantitative estimate of drug-likeness (QED) is 0.231. The van der Waals surface area contributed by atoms with E-state index in [1.54, 1.807) is 60.7 Å². The van der Waals surface area contributed by atoms with Gasteiger partial charge < -0.3 is 20.3 Å². The summed E-state index contributed by atoms with van der Waals surface area (Å²) in [5.41, 5.74) is 3.81. The molecule has 0 aliphatic heterocycles. The van der Waals surface area contributed by atoms with Crippen molar-refractivity contribution in [2.24, 2.45) is 24.1 Å². The highest BCUT2D eigenvalue weighted by atomic mass is 16.3. The van der Waals surface area contributed by atoms with Crippen LogP contribution in [0.1, 0.15) is 20.7 Å². The largest absolute Gasteiger partial charge is 0.494 e. The van der Waals surface area contributed by atoms with Gasteiger partial charge in [0.05, 0.1) is 16.8 Å². The van der Waals surface area contributed by atoms with Crippen LogP contribution >= 0.6 is 0 Å². The summed E-state index contributed by atoms with van der Waals surface area (Å²) in [6, 6.07) is 21.1. The van der Waals surface area contributed by atoms with Crippen LogP contribution in [0, 0.1) is 0 Å². The van der Waals surface area contributed by atoms with Crippen LogP contribution in [0.2, 0.25) is 0 Å². The summed E-state index contributed by atoms with van der Waals surface area (Å²) >= 11 is 0. The van der Waals surface area contributed by atoms with Crippen LogP contribution < -0.4 is 20.6 Å². The standard InChI is InChI=1S/C33H28N6O3/c1-38-19-16-27(17-20-38)34-28-5-3-6-29(21-28)36-32(41)24-10-8-23(9-11-24)31(40)35-26-14-12-25(13-15-26)33(42)37-30-7-4-18-39(2)22-30/h3-22H,1-2H3,(H2-,35,36,37,40,41,42)/p+1. The molecule has 9 nitrogen and oxygen atoms in total. The molecule has 208 valence electrons. The van der Waals surface area contributed by atoms with Crippen LogP contribution in [0.15, 0.2) is 143 Å². The van der Waals surface area contributed by atoms with E-state index in [1.807, 2.05) is 84.4 Å². The number of allylic oxidation sites excluding steroid dienone is 5. The van der Waals surface area contributed by atoms with Crippen molar-refractivity contribution >= 4 is 34.6 Å². The molecule has 0 radical (unpaired) electrons. The first-order valence-electron chi connectivity index (χ1n) is 13.2. The van der Waals surface area contributed by atoms with Gasteiger partial charge >= 0.3 is 0 Å². The third-order valence-corrected chi connectivity index (χ3v) is 6.29. The first-order valence-corrected chi connectivity index (χ1v) is 13.2. The molecule has 0 atom stereocenters. The third-order valence-electron chi connectivity index (χ3n) is 6.29. The number of aliphatic hydroxyl groups excluding tert-OH is 1. The molecule has 0 bridgehead atoms. The van der Waals surface area contributed by atoms with Crippen molar-refractivity contribution in [3.63, 3.8) is 0 Å². The number of nitrogens with zero attached hydrogens (tertiary/aromatic N) is 4. The number of hydrogen-bond donors (Lipinski definition) is 3. The van der Waals surface area contributed by atoms with Gasteiger partial charge in [0.1, 0.15) is 12.7 Å². The number of hydrogen-bond acceptors (Lipinski definition) is 5. The first kappa shape index (κ1) is 27.7. The second-order valence-corrected chi connectivity index (χ2v) is 9.61. The zero-order valence-electron chi connectivity index (χ0n) is 23.1. The highest BCUT2D eigenvalue weighted by Gasteiger charge is 2.11. The summed E-state index contributed by atoms with van der Waals surface area (Å²) < 4.78 is 3.79. The Kier molecular flexibility index (Phi) is 8.29. The lowest BCUT2D eigenvalue weighted by atomic mass is 10.1. The Morgan fingerprint density at radius 3 is 2.24 bits per heavy atom. The third kappa shape index (κ3) is 7.22. The number of aryl methyl sites for hydroxylation is 2. The zero-order valence-corrected chi connectivity index (χ0v) is 23.1. The molecule has 2 heterocycles. The minimum Gasteiger partial charge on any atom is -0.494 e. The number of carbonyl (C=O) groups is 2. The highest BCUT2D eigenvalue weighted by Crippen LogP contribution is 2.19. The van der Waals surface area contributed by atoms with Gasteiger partial charge in [0.25, 0.3) is 11.8 Å². The van der Waals surface area contributed by atoms with Crippen molar-refractivity contribution < 1.29 is 19.3 Å². The average Bonchev–Trinajstić information content (AvgIpc) is 2.99. The van der Waals surface area contributed by atoms with Crippen molar-refractivity contribution in [1.82, 2.24) is 4.57 Å². The zero-order chi connectivity index (χ0) is 29.5. The molecule has 1 aliphatic carbocycles. The fourth-order valence-corrected chi connectivity index (χ4v) is 4.08. The molecule has 5 rings (SSSR count). The van der Waals surface area contributed by atoms with Crippen molar-refractivity contribution in [2.45, 2.75) is 0 Å². The number of nitrogens with one attached hydrogen (secondary N) is 2. The van der Waals surface area contributed by atoms with Gasteiger partial charge in [0.15, 0.2) is 18.3 Å². The second kappa shape index (κ2) is 12.6. The molecular weight excluding hydrogens is 528 g/mol. The summed E-state index contributed by atoms with van der Waals surface area (Å²) in [4.78, 5) is 34.3. The predicted octanol–water partition coefficient (Wildman–Crippen LogP) is 4.92. The van der Waals surface area contributed by atoms with Gasteiger partial charge in [-0.3, -0.25) is 9.59 Å². The number of pyridine rings is 2. The van der Waals surface area contributed by atoms with E-state index < -0.39 is 5.91 Å². The molecule has 2 aromatic heterocycles. The normalized spacial score (nSPS) is 12.0. The first-order chi connectivity index (χ1) is 20.3. The molecule has 0 fully saturated rings. The molecular formula is C33H29N6O3+. The van der Waals surface area contributed by atoms with E-state index in [4.69, 9.17) is 0 Å². The summed E-state index contributed by atoms with van der Waals surface area (Å²) in [6.07, 6.45) is 14.2. The van der Waals surface area contributed by atoms with Crippen LogP contribution in [0.5, 0.6) is 0 Å². The lowest BCUT2D eigenvalue weighted by Gasteiger charge is -2.09. The predicted molar refractivity (Wildman–Crippen MR) is 162 cm³/mol. The fourth-order valence-electron chi connectivity index (χ4n) is 4.08. The minimum absolute atomic E-state index is 0.0143. The van der Waals surface area contributed by atoms with Gasteiger partial charge in [-0.25, -0.2) is 14.6 Å². The van der Waals surface area contributed by atoms with Crippen molar-refractivity contribution in [3.8, 4) is 0 Å². The van der Waals surface area contributed by atoms with Gasteiger partial charge in [-0.1, -0.05) is 6.07 Å². The number of aliphatic hydroxyl groups is 1. The molecule has 2 amide bonds. The number of aromatic nitrogens is 2. The van der Waals surface area contributed by atoms with Crippen LogP contribution in [-0.2, 0) is 14.1 Å². The summed E-state index contributed by atoms with van der Waals surface area (Å²) in [6.45, 7) is 0. The van der Waals surface area contributed by atoms with Gasteiger partial charge in [0, 0.05) is 47.9 Å². The molecule has 0 spiro atoms. The van der Waals surface area contributed by atoms with Gasteiger partial charge in [-0.2, -0.15) is 0 Å². The van der Waals surface area contributed by atoms with Crippen LogP contribution in [0.4, 0.5) is 17.1 Å². The van der Waals surface area contributed by atoms with E-state index in [1.165, 1.54) is 0 Å². The Morgan fingerprint density at radius 2 is 1.52 bits per heavy atom. The van der Waals surface area contributed by atoms with E-state index in [-0.39, 0.29) is 11.8 Å². The van der Waals surface area contributed by atoms with Gasteiger partial charge in [0.2, 0.25) is 0 Å². The maximum Gasteiger partial charge on any atom is 0.277 e. The SMILES string of the molecule is Cn1ccc(=Nc2cccc(NC(=O)c3ccc(C(=O)N=C4C=CC(=C(O)Nc5ccc[n+](C)c5)C=C4)cc3)c2)cc1.